The normalized spacial score (nSPS) is 21.8. The van der Waals surface area contributed by atoms with Crippen LogP contribution in [-0.2, 0) is 10.5 Å². The number of carbonyl (C=O) groups excluding carboxylic acids is 2. The van der Waals surface area contributed by atoms with Crippen molar-refractivity contribution in [2.75, 3.05) is 23.3 Å². The van der Waals surface area contributed by atoms with Gasteiger partial charge in [0.15, 0.2) is 0 Å². The molecule has 0 aliphatic carbocycles. The van der Waals surface area contributed by atoms with E-state index in [1.54, 1.807) is 47.4 Å². The Labute approximate surface area is 169 Å². The predicted molar refractivity (Wildman–Crippen MR) is 107 cm³/mol. The van der Waals surface area contributed by atoms with Gasteiger partial charge < -0.3 is 15.3 Å². The standard InChI is InChI=1S/C19H17BrClN3O3/c20-12-3-8-16-15(11-12)19(27,17(25)23-9-1-2-10-23)24(18(26)22-16)14-6-4-13(21)5-7-14/h3-8,11,27H,1-2,9-10H2,(H,22,26). The molecule has 1 unspecified atom stereocenters. The number of urea groups is 1. The van der Waals surface area contributed by atoms with Gasteiger partial charge in [-0.3, -0.25) is 9.69 Å². The Morgan fingerprint density at radius 2 is 1.81 bits per heavy atom. The van der Waals surface area contributed by atoms with E-state index in [-0.39, 0.29) is 0 Å². The van der Waals surface area contributed by atoms with Crippen LogP contribution in [0.2, 0.25) is 5.02 Å². The molecule has 0 aromatic heterocycles. The maximum atomic E-state index is 13.4. The van der Waals surface area contributed by atoms with Gasteiger partial charge >= 0.3 is 6.03 Å². The lowest BCUT2D eigenvalue weighted by Gasteiger charge is -2.44. The Hall–Kier alpha value is -2.09. The summed E-state index contributed by atoms with van der Waals surface area (Å²) in [6.07, 6.45) is 1.75. The summed E-state index contributed by atoms with van der Waals surface area (Å²) in [5, 5.41) is 15.0. The number of anilines is 2. The van der Waals surface area contributed by atoms with Crippen LogP contribution in [0.1, 0.15) is 18.4 Å². The van der Waals surface area contributed by atoms with Gasteiger partial charge in [-0.05, 0) is 55.3 Å². The molecule has 8 heteroatoms. The molecule has 2 N–H and O–H groups in total. The van der Waals surface area contributed by atoms with E-state index in [0.29, 0.717) is 39.5 Å². The summed E-state index contributed by atoms with van der Waals surface area (Å²) in [7, 11) is 0. The van der Waals surface area contributed by atoms with E-state index in [2.05, 4.69) is 21.2 Å². The number of benzene rings is 2. The van der Waals surface area contributed by atoms with Crippen LogP contribution in [0.5, 0.6) is 0 Å². The molecule has 27 heavy (non-hydrogen) atoms. The van der Waals surface area contributed by atoms with Crippen molar-refractivity contribution in [1.82, 2.24) is 4.90 Å². The number of carbonyl (C=O) groups is 2. The third-order valence-corrected chi connectivity index (χ3v) is 5.65. The minimum absolute atomic E-state index is 0.323. The van der Waals surface area contributed by atoms with Crippen LogP contribution in [0, 0.1) is 0 Å². The van der Waals surface area contributed by atoms with Gasteiger partial charge in [0.2, 0.25) is 0 Å². The zero-order valence-corrected chi connectivity index (χ0v) is 16.6. The van der Waals surface area contributed by atoms with Crippen molar-refractivity contribution in [3.05, 3.63) is 57.5 Å². The van der Waals surface area contributed by atoms with E-state index in [1.807, 2.05) is 0 Å². The van der Waals surface area contributed by atoms with Crippen molar-refractivity contribution in [3.63, 3.8) is 0 Å². The van der Waals surface area contributed by atoms with Gasteiger partial charge in [0.25, 0.3) is 11.6 Å². The second-order valence-corrected chi connectivity index (χ2v) is 7.96. The van der Waals surface area contributed by atoms with E-state index >= 15 is 0 Å². The maximum Gasteiger partial charge on any atom is 0.329 e. The molecule has 0 saturated carbocycles. The average Bonchev–Trinajstić information content (AvgIpc) is 3.18. The Morgan fingerprint density at radius 1 is 1.15 bits per heavy atom. The van der Waals surface area contributed by atoms with Crippen LogP contribution in [0.3, 0.4) is 0 Å². The van der Waals surface area contributed by atoms with E-state index in [1.165, 1.54) is 0 Å². The number of fused-ring (bicyclic) bond motifs is 1. The Balaban J connectivity index is 1.91. The molecule has 140 valence electrons. The molecule has 6 nitrogen and oxygen atoms in total. The molecule has 4 rings (SSSR count). The summed E-state index contributed by atoms with van der Waals surface area (Å²) in [6.45, 7) is 1.11. The highest BCUT2D eigenvalue weighted by Crippen LogP contribution is 2.42. The van der Waals surface area contributed by atoms with E-state index < -0.39 is 17.7 Å². The maximum absolute atomic E-state index is 13.4. The van der Waals surface area contributed by atoms with Crippen LogP contribution in [-0.4, -0.2) is 35.0 Å². The first-order valence-electron chi connectivity index (χ1n) is 8.60. The molecule has 2 heterocycles. The second kappa shape index (κ2) is 6.82. The summed E-state index contributed by atoms with van der Waals surface area (Å²) < 4.78 is 0.695. The number of hydrogen-bond donors (Lipinski definition) is 2. The number of aliphatic hydroxyl groups is 1. The minimum atomic E-state index is -2.15. The lowest BCUT2D eigenvalue weighted by molar-refractivity contribution is -0.150. The molecule has 2 aliphatic rings. The molecular formula is C19H17BrClN3O3. The minimum Gasteiger partial charge on any atom is -0.359 e. The van der Waals surface area contributed by atoms with Gasteiger partial charge in [-0.15, -0.1) is 0 Å². The molecule has 2 aromatic rings. The van der Waals surface area contributed by atoms with Crippen LogP contribution in [0.25, 0.3) is 0 Å². The summed E-state index contributed by atoms with van der Waals surface area (Å²) in [5.41, 5.74) is -1.05. The van der Waals surface area contributed by atoms with Gasteiger partial charge in [-0.2, -0.15) is 0 Å². The molecule has 3 amide bonds. The number of halogens is 2. The second-order valence-electron chi connectivity index (χ2n) is 6.60. The van der Waals surface area contributed by atoms with Crippen LogP contribution in [0.4, 0.5) is 16.2 Å². The Bertz CT molecular complexity index is 915. The molecule has 1 fully saturated rings. The van der Waals surface area contributed by atoms with Crippen molar-refractivity contribution in [2.45, 2.75) is 18.6 Å². The zero-order chi connectivity index (χ0) is 19.2. The molecular weight excluding hydrogens is 434 g/mol. The van der Waals surface area contributed by atoms with Gasteiger partial charge in [0.05, 0.1) is 5.69 Å². The largest absolute Gasteiger partial charge is 0.359 e. The molecule has 1 atom stereocenters. The number of rotatable bonds is 2. The highest BCUT2D eigenvalue weighted by atomic mass is 79.9. The van der Waals surface area contributed by atoms with Crippen molar-refractivity contribution in [2.24, 2.45) is 0 Å². The Kier molecular flexibility index (Phi) is 4.61. The number of hydrogen-bond acceptors (Lipinski definition) is 3. The van der Waals surface area contributed by atoms with Gasteiger partial charge in [-0.1, -0.05) is 27.5 Å². The molecule has 2 aromatic carbocycles. The van der Waals surface area contributed by atoms with Crippen LogP contribution < -0.4 is 10.2 Å². The van der Waals surface area contributed by atoms with Crippen LogP contribution in [0.15, 0.2) is 46.9 Å². The van der Waals surface area contributed by atoms with Crippen molar-refractivity contribution in [3.8, 4) is 0 Å². The lowest BCUT2D eigenvalue weighted by atomic mass is 9.94. The third-order valence-electron chi connectivity index (χ3n) is 4.90. The van der Waals surface area contributed by atoms with Gasteiger partial charge in [0.1, 0.15) is 0 Å². The highest BCUT2D eigenvalue weighted by Gasteiger charge is 2.53. The summed E-state index contributed by atoms with van der Waals surface area (Å²) >= 11 is 9.35. The molecule has 0 radical (unpaired) electrons. The Morgan fingerprint density at radius 3 is 2.48 bits per heavy atom. The lowest BCUT2D eigenvalue weighted by Crippen LogP contribution is -2.62. The highest BCUT2D eigenvalue weighted by molar-refractivity contribution is 9.10. The first kappa shape index (κ1) is 18.3. The number of nitrogens with zero attached hydrogens (tertiary/aromatic N) is 2. The molecule has 0 bridgehead atoms. The van der Waals surface area contributed by atoms with Gasteiger partial charge in [0, 0.05) is 33.8 Å². The van der Waals surface area contributed by atoms with E-state index in [9.17, 15) is 14.7 Å². The first-order chi connectivity index (χ1) is 12.9. The predicted octanol–water partition coefficient (Wildman–Crippen LogP) is 3.92. The summed E-state index contributed by atoms with van der Waals surface area (Å²) in [5.74, 6) is -0.510. The smallest absolute Gasteiger partial charge is 0.329 e. The fourth-order valence-corrected chi connectivity index (χ4v) is 4.09. The fraction of sp³-hybridized carbons (Fsp3) is 0.263. The van der Waals surface area contributed by atoms with E-state index in [0.717, 1.165) is 17.7 Å². The monoisotopic (exact) mass is 449 g/mol. The topological polar surface area (TPSA) is 72.9 Å². The molecule has 0 spiro atoms. The molecule has 2 aliphatic heterocycles. The fourth-order valence-electron chi connectivity index (χ4n) is 3.60. The van der Waals surface area contributed by atoms with Crippen molar-refractivity contribution in [1.29, 1.82) is 0 Å². The first-order valence-corrected chi connectivity index (χ1v) is 9.77. The quantitative estimate of drug-likeness (QED) is 0.728. The zero-order valence-electron chi connectivity index (χ0n) is 14.3. The molecule has 1 saturated heterocycles. The average molecular weight is 451 g/mol. The van der Waals surface area contributed by atoms with Crippen molar-refractivity contribution >= 4 is 50.8 Å². The number of likely N-dealkylation sites (tertiary alicyclic amines) is 1. The van der Waals surface area contributed by atoms with E-state index in [4.69, 9.17) is 11.6 Å². The number of nitrogens with one attached hydrogen (secondary N) is 1. The SMILES string of the molecule is O=C1Nc2ccc(Br)cc2C(O)(C(=O)N2CCCC2)N1c1ccc(Cl)cc1. The third kappa shape index (κ3) is 2.99. The van der Waals surface area contributed by atoms with Gasteiger partial charge in [-0.25, -0.2) is 4.79 Å². The van der Waals surface area contributed by atoms with Crippen LogP contribution >= 0.6 is 27.5 Å². The summed E-state index contributed by atoms with van der Waals surface area (Å²) in [4.78, 5) is 29.0. The summed E-state index contributed by atoms with van der Waals surface area (Å²) in [6, 6.07) is 10.9. The van der Waals surface area contributed by atoms with Crippen molar-refractivity contribution < 1.29 is 14.7 Å². The number of amides is 3.